The summed E-state index contributed by atoms with van der Waals surface area (Å²) in [6.45, 7) is 8.20. The summed E-state index contributed by atoms with van der Waals surface area (Å²) in [6, 6.07) is 15.9. The number of quaternary nitrogens is 2. The van der Waals surface area contributed by atoms with Gasteiger partial charge in [0.05, 0.1) is 19.4 Å². The van der Waals surface area contributed by atoms with Gasteiger partial charge in [0, 0.05) is 5.56 Å². The van der Waals surface area contributed by atoms with Gasteiger partial charge in [0.2, 0.25) is 0 Å². The molecule has 2 aromatic rings. The molecule has 0 atom stereocenters. The molecule has 1 aliphatic rings. The van der Waals surface area contributed by atoms with E-state index in [0.29, 0.717) is 13.2 Å². The number of carbonyl (C=O) groups excluding carboxylic acids is 1. The van der Waals surface area contributed by atoms with Gasteiger partial charge in [-0.2, -0.15) is 0 Å². The Morgan fingerprint density at radius 2 is 1.68 bits per heavy atom. The monoisotopic (exact) mass is 385 g/mol. The molecule has 28 heavy (non-hydrogen) atoms. The zero-order chi connectivity index (χ0) is 19.8. The first-order chi connectivity index (χ1) is 13.7. The zero-order valence-electron chi connectivity index (χ0n) is 16.8. The summed E-state index contributed by atoms with van der Waals surface area (Å²) < 4.78 is 10.8. The molecular weight excluding hydrogens is 354 g/mol. The predicted molar refractivity (Wildman–Crippen MR) is 109 cm³/mol. The van der Waals surface area contributed by atoms with Crippen LogP contribution in [-0.2, 0) is 11.3 Å². The standard InChI is InChI=1S/C22H29N3O3/c1-3-28-21-7-5-4-6-20(21)23-22(26)17-25-14-12-24(13-15-25)16-18-8-10-19(27-2)11-9-18/h4-11H,3,12-17H2,1-2H3,(H,23,26)/p+2. The smallest absolute Gasteiger partial charge is 0.279 e. The van der Waals surface area contributed by atoms with Crippen LogP contribution in [-0.4, -0.2) is 52.3 Å². The molecule has 0 radical (unpaired) electrons. The number of amides is 1. The molecule has 0 bridgehead atoms. The maximum Gasteiger partial charge on any atom is 0.279 e. The topological polar surface area (TPSA) is 56.4 Å². The molecule has 1 aliphatic heterocycles. The van der Waals surface area contributed by atoms with Gasteiger partial charge in [0.1, 0.15) is 44.2 Å². The van der Waals surface area contributed by atoms with Gasteiger partial charge in [-0.25, -0.2) is 0 Å². The second kappa shape index (κ2) is 10.1. The summed E-state index contributed by atoms with van der Waals surface area (Å²) >= 11 is 0. The summed E-state index contributed by atoms with van der Waals surface area (Å²) in [5, 5.41) is 3.00. The first-order valence-electron chi connectivity index (χ1n) is 9.99. The number of carbonyl (C=O) groups is 1. The highest BCUT2D eigenvalue weighted by Crippen LogP contribution is 2.23. The van der Waals surface area contributed by atoms with Gasteiger partial charge in [0.15, 0.2) is 6.54 Å². The molecule has 6 heteroatoms. The van der Waals surface area contributed by atoms with Gasteiger partial charge in [-0.05, 0) is 43.3 Å². The van der Waals surface area contributed by atoms with E-state index in [1.54, 1.807) is 12.0 Å². The lowest BCUT2D eigenvalue weighted by Crippen LogP contribution is -3.28. The third kappa shape index (κ3) is 5.71. The molecular formula is C22H31N3O3+2. The summed E-state index contributed by atoms with van der Waals surface area (Å²) in [6.07, 6.45) is 0. The molecule has 0 spiro atoms. The largest absolute Gasteiger partial charge is 0.497 e. The molecule has 1 fully saturated rings. The fraction of sp³-hybridized carbons (Fsp3) is 0.409. The maximum absolute atomic E-state index is 12.5. The Bertz CT molecular complexity index is 756. The highest BCUT2D eigenvalue weighted by molar-refractivity contribution is 5.92. The van der Waals surface area contributed by atoms with Crippen LogP contribution < -0.4 is 24.6 Å². The maximum atomic E-state index is 12.5. The average Bonchev–Trinajstić information content (AvgIpc) is 2.72. The van der Waals surface area contributed by atoms with E-state index in [9.17, 15) is 4.79 Å². The molecule has 0 aliphatic carbocycles. The molecule has 6 nitrogen and oxygen atoms in total. The van der Waals surface area contributed by atoms with Gasteiger partial charge >= 0.3 is 0 Å². The van der Waals surface area contributed by atoms with Crippen LogP contribution in [0.15, 0.2) is 48.5 Å². The number of para-hydroxylation sites is 2. The lowest BCUT2D eigenvalue weighted by Gasteiger charge is -2.29. The molecule has 3 N–H and O–H groups in total. The minimum atomic E-state index is 0.0424. The van der Waals surface area contributed by atoms with Crippen LogP contribution >= 0.6 is 0 Å². The Kier molecular flexibility index (Phi) is 7.28. The fourth-order valence-corrected chi connectivity index (χ4v) is 3.62. The van der Waals surface area contributed by atoms with E-state index >= 15 is 0 Å². The number of benzene rings is 2. The van der Waals surface area contributed by atoms with E-state index in [4.69, 9.17) is 9.47 Å². The molecule has 1 heterocycles. The molecule has 1 saturated heterocycles. The van der Waals surface area contributed by atoms with Crippen LogP contribution in [0.3, 0.4) is 0 Å². The second-order valence-electron chi connectivity index (χ2n) is 7.18. The lowest BCUT2D eigenvalue weighted by atomic mass is 10.2. The van der Waals surface area contributed by atoms with Gasteiger partial charge in [0.25, 0.3) is 5.91 Å². The normalized spacial score (nSPS) is 19.1. The Labute approximate surface area is 167 Å². The number of hydrogen-bond acceptors (Lipinski definition) is 3. The number of anilines is 1. The third-order valence-electron chi connectivity index (χ3n) is 5.15. The Morgan fingerprint density at radius 1 is 1.00 bits per heavy atom. The van der Waals surface area contributed by atoms with Crippen molar-refractivity contribution in [3.63, 3.8) is 0 Å². The van der Waals surface area contributed by atoms with Crippen LogP contribution in [0.5, 0.6) is 11.5 Å². The quantitative estimate of drug-likeness (QED) is 0.600. The number of ether oxygens (including phenoxy) is 2. The van der Waals surface area contributed by atoms with Crippen molar-refractivity contribution in [1.82, 2.24) is 0 Å². The van der Waals surface area contributed by atoms with Crippen LogP contribution in [0.25, 0.3) is 0 Å². The van der Waals surface area contributed by atoms with Crippen molar-refractivity contribution in [3.8, 4) is 11.5 Å². The average molecular weight is 386 g/mol. The molecule has 0 unspecified atom stereocenters. The fourth-order valence-electron chi connectivity index (χ4n) is 3.62. The number of methoxy groups -OCH3 is 1. The summed E-state index contributed by atoms with van der Waals surface area (Å²) in [5.41, 5.74) is 2.07. The van der Waals surface area contributed by atoms with Crippen molar-refractivity contribution < 1.29 is 24.1 Å². The van der Waals surface area contributed by atoms with Crippen LogP contribution in [0.1, 0.15) is 12.5 Å². The van der Waals surface area contributed by atoms with Crippen LogP contribution in [0.2, 0.25) is 0 Å². The molecule has 2 aromatic carbocycles. The lowest BCUT2D eigenvalue weighted by molar-refractivity contribution is -1.02. The highest BCUT2D eigenvalue weighted by atomic mass is 16.5. The molecule has 0 aromatic heterocycles. The van der Waals surface area contributed by atoms with Crippen molar-refractivity contribution >= 4 is 11.6 Å². The molecule has 1 amide bonds. The number of rotatable bonds is 8. The molecule has 3 rings (SSSR count). The van der Waals surface area contributed by atoms with Gasteiger partial charge < -0.3 is 24.6 Å². The van der Waals surface area contributed by atoms with Gasteiger partial charge in [-0.3, -0.25) is 4.79 Å². The number of nitrogens with one attached hydrogen (secondary N) is 3. The number of hydrogen-bond donors (Lipinski definition) is 3. The van der Waals surface area contributed by atoms with Gasteiger partial charge in [-0.15, -0.1) is 0 Å². The summed E-state index contributed by atoms with van der Waals surface area (Å²) in [5.74, 6) is 1.66. The van der Waals surface area contributed by atoms with Gasteiger partial charge in [-0.1, -0.05) is 12.1 Å². The summed E-state index contributed by atoms with van der Waals surface area (Å²) in [7, 11) is 1.69. The molecule has 0 saturated carbocycles. The zero-order valence-corrected chi connectivity index (χ0v) is 16.8. The first-order valence-corrected chi connectivity index (χ1v) is 9.99. The van der Waals surface area contributed by atoms with E-state index in [0.717, 1.165) is 49.9 Å². The van der Waals surface area contributed by atoms with Crippen molar-refractivity contribution in [2.24, 2.45) is 0 Å². The Balaban J connectivity index is 1.44. The second-order valence-corrected chi connectivity index (χ2v) is 7.18. The Morgan fingerprint density at radius 3 is 2.36 bits per heavy atom. The first kappa shape index (κ1) is 20.2. The van der Waals surface area contributed by atoms with Crippen LogP contribution in [0.4, 0.5) is 5.69 Å². The molecule has 150 valence electrons. The van der Waals surface area contributed by atoms with E-state index in [1.807, 2.05) is 43.3 Å². The number of piperazine rings is 1. The Hall–Kier alpha value is -2.57. The van der Waals surface area contributed by atoms with Crippen molar-refractivity contribution in [2.75, 3.05) is 51.8 Å². The van der Waals surface area contributed by atoms with E-state index in [-0.39, 0.29) is 5.91 Å². The van der Waals surface area contributed by atoms with Crippen molar-refractivity contribution in [3.05, 3.63) is 54.1 Å². The van der Waals surface area contributed by atoms with Crippen molar-refractivity contribution in [2.45, 2.75) is 13.5 Å². The van der Waals surface area contributed by atoms with E-state index in [2.05, 4.69) is 17.4 Å². The third-order valence-corrected chi connectivity index (χ3v) is 5.15. The predicted octanol–water partition coefficient (Wildman–Crippen LogP) is 0.0160. The van der Waals surface area contributed by atoms with Crippen LogP contribution in [0, 0.1) is 0 Å². The SMILES string of the molecule is CCOc1ccccc1NC(=O)C[NH+]1CC[NH+](Cc2ccc(OC)cc2)CC1. The minimum Gasteiger partial charge on any atom is -0.497 e. The van der Waals surface area contributed by atoms with Crippen molar-refractivity contribution in [1.29, 1.82) is 0 Å². The van der Waals surface area contributed by atoms with E-state index in [1.165, 1.54) is 10.5 Å². The highest BCUT2D eigenvalue weighted by Gasteiger charge is 2.25. The van der Waals surface area contributed by atoms with E-state index < -0.39 is 0 Å². The minimum absolute atomic E-state index is 0.0424. The summed E-state index contributed by atoms with van der Waals surface area (Å²) in [4.78, 5) is 15.4.